The summed E-state index contributed by atoms with van der Waals surface area (Å²) < 4.78 is 1.33. The average molecular weight is 240 g/mol. The molecule has 2 N–H and O–H groups in total. The molecule has 1 rings (SSSR count). The van der Waals surface area contributed by atoms with Crippen LogP contribution in [0.25, 0.3) is 0 Å². The molecule has 0 aliphatic rings. The highest BCUT2D eigenvalue weighted by Gasteiger charge is 2.18. The molecule has 1 aromatic heterocycles. The second kappa shape index (κ2) is 5.97. The van der Waals surface area contributed by atoms with E-state index in [9.17, 15) is 9.59 Å². The Labute approximate surface area is 98.8 Å². The lowest BCUT2D eigenvalue weighted by Crippen LogP contribution is -2.29. The number of carboxylic acid groups (broad SMARTS) is 1. The first-order valence-corrected chi connectivity index (χ1v) is 5.52. The predicted octanol–water partition coefficient (Wildman–Crippen LogP) is 0.0649. The van der Waals surface area contributed by atoms with E-state index in [0.717, 1.165) is 6.42 Å². The maximum absolute atomic E-state index is 11.5. The number of amides is 1. The quantitative estimate of drug-likeness (QED) is 0.733. The third-order valence-electron chi connectivity index (χ3n) is 2.24. The summed E-state index contributed by atoms with van der Waals surface area (Å²) in [5.74, 6) is -1.31. The summed E-state index contributed by atoms with van der Waals surface area (Å²) in [6, 6.07) is 0. The summed E-state index contributed by atoms with van der Waals surface area (Å²) in [6.07, 6.45) is 1.32. The van der Waals surface area contributed by atoms with Gasteiger partial charge in [0.1, 0.15) is 6.54 Å². The van der Waals surface area contributed by atoms with Crippen molar-refractivity contribution in [2.45, 2.75) is 33.2 Å². The first kappa shape index (κ1) is 13.1. The number of carbonyl (C=O) groups excluding carboxylic acids is 1. The van der Waals surface area contributed by atoms with Crippen molar-refractivity contribution in [1.82, 2.24) is 20.3 Å². The van der Waals surface area contributed by atoms with Gasteiger partial charge in [-0.3, -0.25) is 4.79 Å². The molecule has 17 heavy (non-hydrogen) atoms. The first-order valence-electron chi connectivity index (χ1n) is 5.52. The second-order valence-corrected chi connectivity index (χ2v) is 3.55. The fourth-order valence-electron chi connectivity index (χ4n) is 1.43. The fraction of sp³-hybridized carbons (Fsp3) is 0.600. The van der Waals surface area contributed by atoms with Gasteiger partial charge in [0.05, 0.1) is 5.69 Å². The van der Waals surface area contributed by atoms with Crippen LogP contribution in [0.1, 0.15) is 36.5 Å². The lowest BCUT2D eigenvalue weighted by Gasteiger charge is -2.05. The second-order valence-electron chi connectivity index (χ2n) is 3.55. The standard InChI is InChI=1S/C10H16N4O3/c1-3-5-11-8(15)6-14-7(4-2)9(10(16)17)12-13-14/h3-6H2,1-2H3,(H,11,15)(H,16,17). The van der Waals surface area contributed by atoms with Crippen LogP contribution in [0.2, 0.25) is 0 Å². The van der Waals surface area contributed by atoms with Crippen molar-refractivity contribution in [3.63, 3.8) is 0 Å². The van der Waals surface area contributed by atoms with Gasteiger partial charge in [-0.2, -0.15) is 0 Å². The van der Waals surface area contributed by atoms with Crippen LogP contribution in [-0.2, 0) is 17.8 Å². The normalized spacial score (nSPS) is 10.2. The summed E-state index contributed by atoms with van der Waals surface area (Å²) in [5, 5.41) is 18.8. The highest BCUT2D eigenvalue weighted by molar-refractivity contribution is 5.86. The van der Waals surface area contributed by atoms with Crippen LogP contribution in [0.4, 0.5) is 0 Å². The molecule has 0 bridgehead atoms. The highest BCUT2D eigenvalue weighted by atomic mass is 16.4. The number of aromatic nitrogens is 3. The van der Waals surface area contributed by atoms with E-state index in [1.165, 1.54) is 4.68 Å². The summed E-state index contributed by atoms with van der Waals surface area (Å²) >= 11 is 0. The van der Waals surface area contributed by atoms with E-state index in [-0.39, 0.29) is 18.1 Å². The maximum Gasteiger partial charge on any atom is 0.358 e. The first-order chi connectivity index (χ1) is 8.10. The molecular formula is C10H16N4O3. The van der Waals surface area contributed by atoms with Gasteiger partial charge >= 0.3 is 5.97 Å². The Hall–Kier alpha value is -1.92. The Morgan fingerprint density at radius 1 is 1.41 bits per heavy atom. The number of nitrogens with zero attached hydrogens (tertiary/aromatic N) is 3. The molecule has 0 spiro atoms. The van der Waals surface area contributed by atoms with Crippen molar-refractivity contribution in [1.29, 1.82) is 0 Å². The van der Waals surface area contributed by atoms with Crippen LogP contribution < -0.4 is 5.32 Å². The molecular weight excluding hydrogens is 224 g/mol. The summed E-state index contributed by atoms with van der Waals surface area (Å²) in [5.41, 5.74) is 0.375. The average Bonchev–Trinajstić information content (AvgIpc) is 2.69. The molecule has 0 saturated carbocycles. The van der Waals surface area contributed by atoms with Crippen LogP contribution >= 0.6 is 0 Å². The Bertz CT molecular complexity index is 414. The topological polar surface area (TPSA) is 97.1 Å². The van der Waals surface area contributed by atoms with E-state index in [2.05, 4.69) is 15.6 Å². The summed E-state index contributed by atoms with van der Waals surface area (Å²) in [7, 11) is 0. The zero-order valence-corrected chi connectivity index (χ0v) is 9.93. The fourth-order valence-corrected chi connectivity index (χ4v) is 1.43. The SMILES string of the molecule is CCCNC(=O)Cn1nnc(C(=O)O)c1CC. The zero-order chi connectivity index (χ0) is 12.8. The van der Waals surface area contributed by atoms with Crippen molar-refractivity contribution in [2.75, 3.05) is 6.54 Å². The number of aromatic carboxylic acids is 1. The van der Waals surface area contributed by atoms with Gasteiger partial charge in [-0.05, 0) is 12.8 Å². The number of nitrogens with one attached hydrogen (secondary N) is 1. The molecule has 7 heteroatoms. The smallest absolute Gasteiger partial charge is 0.358 e. The highest BCUT2D eigenvalue weighted by Crippen LogP contribution is 2.06. The van der Waals surface area contributed by atoms with Crippen LogP contribution in [0.3, 0.4) is 0 Å². The summed E-state index contributed by atoms with van der Waals surface area (Å²) in [6.45, 7) is 4.35. The van der Waals surface area contributed by atoms with Crippen LogP contribution in [-0.4, -0.2) is 38.5 Å². The van der Waals surface area contributed by atoms with Gasteiger partial charge in [-0.15, -0.1) is 5.10 Å². The molecule has 1 amide bonds. The van der Waals surface area contributed by atoms with E-state index in [1.807, 2.05) is 6.92 Å². The molecule has 1 heterocycles. The number of hydrogen-bond acceptors (Lipinski definition) is 4. The van der Waals surface area contributed by atoms with E-state index >= 15 is 0 Å². The molecule has 0 radical (unpaired) electrons. The molecule has 0 aromatic carbocycles. The third kappa shape index (κ3) is 3.27. The van der Waals surface area contributed by atoms with Crippen LogP contribution in [0.5, 0.6) is 0 Å². The van der Waals surface area contributed by atoms with E-state index < -0.39 is 5.97 Å². The lowest BCUT2D eigenvalue weighted by molar-refractivity contribution is -0.121. The molecule has 0 saturated heterocycles. The lowest BCUT2D eigenvalue weighted by atomic mass is 10.2. The molecule has 0 unspecified atom stereocenters. The molecule has 1 aromatic rings. The maximum atomic E-state index is 11.5. The van der Waals surface area contributed by atoms with Gasteiger partial charge in [0.15, 0.2) is 5.69 Å². The number of rotatable bonds is 6. The van der Waals surface area contributed by atoms with Gasteiger partial charge in [-0.25, -0.2) is 9.48 Å². The van der Waals surface area contributed by atoms with Crippen molar-refractivity contribution in [3.05, 3.63) is 11.4 Å². The Morgan fingerprint density at radius 3 is 2.65 bits per heavy atom. The minimum absolute atomic E-state index is 0.00343. The van der Waals surface area contributed by atoms with Gasteiger partial charge in [-0.1, -0.05) is 19.1 Å². The van der Waals surface area contributed by atoms with E-state index in [1.54, 1.807) is 6.92 Å². The molecule has 94 valence electrons. The monoisotopic (exact) mass is 240 g/mol. The minimum Gasteiger partial charge on any atom is -0.476 e. The van der Waals surface area contributed by atoms with Crippen LogP contribution in [0, 0.1) is 0 Å². The Morgan fingerprint density at radius 2 is 2.12 bits per heavy atom. The minimum atomic E-state index is -1.12. The molecule has 0 aliphatic carbocycles. The number of carbonyl (C=O) groups is 2. The van der Waals surface area contributed by atoms with Gasteiger partial charge in [0, 0.05) is 6.54 Å². The largest absolute Gasteiger partial charge is 0.476 e. The number of hydrogen-bond donors (Lipinski definition) is 2. The van der Waals surface area contributed by atoms with Crippen molar-refractivity contribution >= 4 is 11.9 Å². The van der Waals surface area contributed by atoms with E-state index in [4.69, 9.17) is 5.11 Å². The van der Waals surface area contributed by atoms with E-state index in [0.29, 0.717) is 18.7 Å². The van der Waals surface area contributed by atoms with Crippen molar-refractivity contribution < 1.29 is 14.7 Å². The summed E-state index contributed by atoms with van der Waals surface area (Å²) in [4.78, 5) is 22.3. The van der Waals surface area contributed by atoms with Gasteiger partial charge in [0.25, 0.3) is 0 Å². The van der Waals surface area contributed by atoms with Gasteiger partial charge < -0.3 is 10.4 Å². The predicted molar refractivity (Wildman–Crippen MR) is 59.7 cm³/mol. The molecule has 0 atom stereocenters. The van der Waals surface area contributed by atoms with Gasteiger partial charge in [0.2, 0.25) is 5.91 Å². The third-order valence-corrected chi connectivity index (χ3v) is 2.24. The molecule has 0 fully saturated rings. The number of carboxylic acids is 1. The zero-order valence-electron chi connectivity index (χ0n) is 9.93. The Kier molecular flexibility index (Phi) is 4.62. The van der Waals surface area contributed by atoms with Crippen molar-refractivity contribution in [3.8, 4) is 0 Å². The van der Waals surface area contributed by atoms with Crippen LogP contribution in [0.15, 0.2) is 0 Å². The molecule has 7 nitrogen and oxygen atoms in total. The Balaban J connectivity index is 2.77. The molecule has 0 aliphatic heterocycles. The van der Waals surface area contributed by atoms with Crippen molar-refractivity contribution in [2.24, 2.45) is 0 Å².